The molecule has 0 spiro atoms. The number of nitrogens with zero attached hydrogens (tertiary/aromatic N) is 2. The standard InChI is InChI=1S/C18H25FN2O/c1-20-12-4-8-16(20)17-9-5-13-21(17)18(22)11-10-14-6-2-3-7-15(14)19/h2-3,6-7,16-17H,4-5,8-13H2,1H3/t16-,17-/m0/s1. The molecule has 2 atom stereocenters. The highest BCUT2D eigenvalue weighted by Gasteiger charge is 2.37. The van der Waals surface area contributed by atoms with Gasteiger partial charge in [0.2, 0.25) is 5.91 Å². The van der Waals surface area contributed by atoms with Crippen molar-refractivity contribution in [2.45, 2.75) is 50.6 Å². The minimum absolute atomic E-state index is 0.186. The highest BCUT2D eigenvalue weighted by Crippen LogP contribution is 2.29. The van der Waals surface area contributed by atoms with Crippen LogP contribution < -0.4 is 0 Å². The Bertz CT molecular complexity index is 534. The zero-order valence-corrected chi connectivity index (χ0v) is 13.3. The van der Waals surface area contributed by atoms with Gasteiger partial charge in [0.25, 0.3) is 0 Å². The van der Waals surface area contributed by atoms with Gasteiger partial charge in [0.05, 0.1) is 0 Å². The van der Waals surface area contributed by atoms with Crippen molar-refractivity contribution in [3.05, 3.63) is 35.6 Å². The van der Waals surface area contributed by atoms with E-state index >= 15 is 0 Å². The average Bonchev–Trinajstić information content (AvgIpc) is 3.14. The molecule has 22 heavy (non-hydrogen) atoms. The number of benzene rings is 1. The lowest BCUT2D eigenvalue weighted by atomic mass is 10.0. The lowest BCUT2D eigenvalue weighted by molar-refractivity contribution is -0.132. The Hall–Kier alpha value is -1.42. The fourth-order valence-corrected chi connectivity index (χ4v) is 4.01. The maximum atomic E-state index is 13.7. The van der Waals surface area contributed by atoms with Crippen molar-refractivity contribution >= 4 is 5.91 Å². The summed E-state index contributed by atoms with van der Waals surface area (Å²) >= 11 is 0. The Morgan fingerprint density at radius 3 is 2.64 bits per heavy atom. The summed E-state index contributed by atoms with van der Waals surface area (Å²) in [6.07, 6.45) is 5.54. The molecule has 1 aromatic carbocycles. The first-order valence-electron chi connectivity index (χ1n) is 8.40. The van der Waals surface area contributed by atoms with Gasteiger partial charge >= 0.3 is 0 Å². The molecule has 4 heteroatoms. The molecule has 2 heterocycles. The molecule has 120 valence electrons. The van der Waals surface area contributed by atoms with E-state index in [9.17, 15) is 9.18 Å². The summed E-state index contributed by atoms with van der Waals surface area (Å²) in [6, 6.07) is 7.63. The van der Waals surface area contributed by atoms with Gasteiger partial charge in [-0.15, -0.1) is 0 Å². The maximum absolute atomic E-state index is 13.7. The van der Waals surface area contributed by atoms with E-state index in [1.807, 2.05) is 6.07 Å². The van der Waals surface area contributed by atoms with Gasteiger partial charge < -0.3 is 9.80 Å². The number of amides is 1. The molecule has 0 N–H and O–H groups in total. The second kappa shape index (κ2) is 6.78. The Morgan fingerprint density at radius 2 is 1.91 bits per heavy atom. The van der Waals surface area contributed by atoms with Crippen molar-refractivity contribution < 1.29 is 9.18 Å². The summed E-state index contributed by atoms with van der Waals surface area (Å²) < 4.78 is 13.7. The molecular weight excluding hydrogens is 279 g/mol. The molecule has 2 aliphatic rings. The molecule has 2 saturated heterocycles. The Morgan fingerprint density at radius 1 is 1.18 bits per heavy atom. The van der Waals surface area contributed by atoms with Gasteiger partial charge in [-0.05, 0) is 57.3 Å². The molecular formula is C18H25FN2O. The first-order valence-corrected chi connectivity index (χ1v) is 8.40. The molecule has 2 aliphatic heterocycles. The van der Waals surface area contributed by atoms with Crippen LogP contribution >= 0.6 is 0 Å². The summed E-state index contributed by atoms with van der Waals surface area (Å²) in [7, 11) is 2.16. The largest absolute Gasteiger partial charge is 0.338 e. The molecule has 0 aliphatic carbocycles. The van der Waals surface area contributed by atoms with Crippen molar-refractivity contribution in [1.82, 2.24) is 9.80 Å². The van der Waals surface area contributed by atoms with Crippen molar-refractivity contribution in [1.29, 1.82) is 0 Å². The van der Waals surface area contributed by atoms with Gasteiger partial charge in [-0.25, -0.2) is 4.39 Å². The number of carbonyl (C=O) groups is 1. The van der Waals surface area contributed by atoms with E-state index in [2.05, 4.69) is 16.8 Å². The fraction of sp³-hybridized carbons (Fsp3) is 0.611. The molecule has 3 nitrogen and oxygen atoms in total. The van der Waals surface area contributed by atoms with E-state index in [0.717, 1.165) is 25.9 Å². The third-order valence-corrected chi connectivity index (χ3v) is 5.21. The fourth-order valence-electron chi connectivity index (χ4n) is 4.01. The van der Waals surface area contributed by atoms with Crippen molar-refractivity contribution in [2.24, 2.45) is 0 Å². The Kier molecular flexibility index (Phi) is 4.77. The van der Waals surface area contributed by atoms with Gasteiger partial charge in [0.15, 0.2) is 0 Å². The molecule has 0 radical (unpaired) electrons. The van der Waals surface area contributed by atoms with Gasteiger partial charge in [-0.1, -0.05) is 18.2 Å². The molecule has 3 rings (SSSR count). The molecule has 0 unspecified atom stereocenters. The zero-order chi connectivity index (χ0) is 15.5. The first-order chi connectivity index (χ1) is 10.7. The zero-order valence-electron chi connectivity index (χ0n) is 13.3. The number of aryl methyl sites for hydroxylation is 1. The summed E-state index contributed by atoms with van der Waals surface area (Å²) in [5.41, 5.74) is 0.643. The van der Waals surface area contributed by atoms with Gasteiger partial charge in [0, 0.05) is 25.0 Å². The smallest absolute Gasteiger partial charge is 0.223 e. The van der Waals surface area contributed by atoms with Crippen molar-refractivity contribution in [3.8, 4) is 0 Å². The van der Waals surface area contributed by atoms with Crippen LogP contribution in [0, 0.1) is 5.82 Å². The Balaban J connectivity index is 1.60. The number of carbonyl (C=O) groups excluding carboxylic acids is 1. The highest BCUT2D eigenvalue weighted by molar-refractivity contribution is 5.77. The van der Waals surface area contributed by atoms with Crippen LogP contribution in [0.15, 0.2) is 24.3 Å². The maximum Gasteiger partial charge on any atom is 0.223 e. The number of rotatable bonds is 4. The van der Waals surface area contributed by atoms with Crippen LogP contribution in [0.3, 0.4) is 0 Å². The minimum atomic E-state index is -0.205. The quantitative estimate of drug-likeness (QED) is 0.854. The topological polar surface area (TPSA) is 23.6 Å². The molecule has 0 bridgehead atoms. The van der Waals surface area contributed by atoms with Crippen molar-refractivity contribution in [3.63, 3.8) is 0 Å². The normalized spacial score (nSPS) is 25.8. The summed E-state index contributed by atoms with van der Waals surface area (Å²) in [4.78, 5) is 17.0. The summed E-state index contributed by atoms with van der Waals surface area (Å²) in [5, 5.41) is 0. The van der Waals surface area contributed by atoms with Crippen LogP contribution in [-0.4, -0.2) is 47.9 Å². The number of hydrogen-bond acceptors (Lipinski definition) is 2. The predicted molar refractivity (Wildman–Crippen MR) is 85.1 cm³/mol. The second-order valence-electron chi connectivity index (χ2n) is 6.58. The van der Waals surface area contributed by atoms with Crippen LogP contribution in [0.4, 0.5) is 4.39 Å². The minimum Gasteiger partial charge on any atom is -0.338 e. The third kappa shape index (κ3) is 3.17. The third-order valence-electron chi connectivity index (χ3n) is 5.21. The molecule has 2 fully saturated rings. The predicted octanol–water partition coefficient (Wildman–Crippen LogP) is 2.84. The van der Waals surface area contributed by atoms with Crippen molar-refractivity contribution in [2.75, 3.05) is 20.1 Å². The highest BCUT2D eigenvalue weighted by atomic mass is 19.1. The van der Waals surface area contributed by atoms with E-state index in [-0.39, 0.29) is 11.7 Å². The monoisotopic (exact) mass is 304 g/mol. The number of hydrogen-bond donors (Lipinski definition) is 0. The number of halogens is 1. The lowest BCUT2D eigenvalue weighted by Gasteiger charge is -2.33. The molecule has 0 saturated carbocycles. The van der Waals surface area contributed by atoms with E-state index in [1.165, 1.54) is 18.9 Å². The van der Waals surface area contributed by atoms with Gasteiger partial charge in [-0.2, -0.15) is 0 Å². The SMILES string of the molecule is CN1CCC[C@H]1[C@@H]1CCCN1C(=O)CCc1ccccc1F. The molecule has 1 amide bonds. The Labute approximate surface area is 132 Å². The summed E-state index contributed by atoms with van der Waals surface area (Å²) in [6.45, 7) is 2.00. The average molecular weight is 304 g/mol. The molecule has 0 aromatic heterocycles. The number of likely N-dealkylation sites (N-methyl/N-ethyl adjacent to an activating group) is 1. The van der Waals surface area contributed by atoms with E-state index < -0.39 is 0 Å². The summed E-state index contributed by atoms with van der Waals surface area (Å²) in [5.74, 6) is -0.0187. The van der Waals surface area contributed by atoms with E-state index in [0.29, 0.717) is 30.5 Å². The van der Waals surface area contributed by atoms with Crippen LogP contribution in [-0.2, 0) is 11.2 Å². The van der Waals surface area contributed by atoms with Gasteiger partial charge in [-0.3, -0.25) is 4.79 Å². The van der Waals surface area contributed by atoms with Crippen LogP contribution in [0.25, 0.3) is 0 Å². The van der Waals surface area contributed by atoms with E-state index in [4.69, 9.17) is 0 Å². The second-order valence-corrected chi connectivity index (χ2v) is 6.58. The lowest BCUT2D eigenvalue weighted by Crippen LogP contribution is -2.47. The number of likely N-dealkylation sites (tertiary alicyclic amines) is 2. The van der Waals surface area contributed by atoms with Gasteiger partial charge in [0.1, 0.15) is 5.82 Å². The van der Waals surface area contributed by atoms with E-state index in [1.54, 1.807) is 12.1 Å². The van der Waals surface area contributed by atoms with Crippen LogP contribution in [0.1, 0.15) is 37.7 Å². The van der Waals surface area contributed by atoms with Crippen LogP contribution in [0.2, 0.25) is 0 Å². The van der Waals surface area contributed by atoms with Crippen LogP contribution in [0.5, 0.6) is 0 Å². The molecule has 1 aromatic rings. The first kappa shape index (κ1) is 15.5.